The van der Waals surface area contributed by atoms with Gasteiger partial charge in [-0.25, -0.2) is 0 Å². The molecule has 14 heavy (non-hydrogen) atoms. The van der Waals surface area contributed by atoms with E-state index in [0.29, 0.717) is 5.41 Å². The number of esters is 1. The molecule has 1 aliphatic heterocycles. The first-order chi connectivity index (χ1) is 6.76. The summed E-state index contributed by atoms with van der Waals surface area (Å²) in [6.07, 6.45) is 7.58. The van der Waals surface area contributed by atoms with Crippen molar-refractivity contribution in [2.75, 3.05) is 13.7 Å². The summed E-state index contributed by atoms with van der Waals surface area (Å²) in [4.78, 5) is 11.4. The highest BCUT2D eigenvalue weighted by Gasteiger charge is 2.42. The van der Waals surface area contributed by atoms with Gasteiger partial charge in [0, 0.05) is 6.54 Å². The van der Waals surface area contributed by atoms with E-state index in [1.54, 1.807) is 0 Å². The smallest absolute Gasteiger partial charge is 0.322 e. The number of carbonyl (C=O) groups is 1. The number of methoxy groups -OCH3 is 1. The van der Waals surface area contributed by atoms with Crippen LogP contribution in [0.4, 0.5) is 0 Å². The normalized spacial score (nSPS) is 30.5. The molecule has 0 aromatic heterocycles. The van der Waals surface area contributed by atoms with E-state index in [1.165, 1.54) is 39.2 Å². The molecular weight excluding hydrogens is 178 g/mol. The SMILES string of the molecule is COC(=O)C1CC2(CCCCC2)CN1. The van der Waals surface area contributed by atoms with Crippen LogP contribution < -0.4 is 5.32 Å². The third-order valence-electron chi connectivity index (χ3n) is 3.76. The fourth-order valence-electron chi connectivity index (χ4n) is 2.91. The number of hydrogen-bond donors (Lipinski definition) is 1. The zero-order valence-corrected chi connectivity index (χ0v) is 8.84. The molecule has 0 amide bonds. The molecule has 0 bridgehead atoms. The second-order valence-electron chi connectivity index (χ2n) is 4.72. The summed E-state index contributed by atoms with van der Waals surface area (Å²) in [6.45, 7) is 1.01. The number of ether oxygens (including phenoxy) is 1. The fraction of sp³-hybridized carbons (Fsp3) is 0.909. The lowest BCUT2D eigenvalue weighted by Crippen LogP contribution is -2.31. The van der Waals surface area contributed by atoms with Gasteiger partial charge >= 0.3 is 5.97 Å². The Morgan fingerprint density at radius 2 is 2.07 bits per heavy atom. The molecule has 1 heterocycles. The summed E-state index contributed by atoms with van der Waals surface area (Å²) in [7, 11) is 1.47. The highest BCUT2D eigenvalue weighted by atomic mass is 16.5. The first kappa shape index (κ1) is 9.97. The zero-order valence-electron chi connectivity index (χ0n) is 8.84. The van der Waals surface area contributed by atoms with Crippen LogP contribution in [-0.2, 0) is 9.53 Å². The number of nitrogens with one attached hydrogen (secondary N) is 1. The molecule has 1 saturated carbocycles. The van der Waals surface area contributed by atoms with Crippen molar-refractivity contribution < 1.29 is 9.53 Å². The first-order valence-corrected chi connectivity index (χ1v) is 5.57. The van der Waals surface area contributed by atoms with Crippen LogP contribution in [0.1, 0.15) is 38.5 Å². The average Bonchev–Trinajstić information content (AvgIpc) is 2.62. The molecule has 1 N–H and O–H groups in total. The van der Waals surface area contributed by atoms with Crippen molar-refractivity contribution >= 4 is 5.97 Å². The Morgan fingerprint density at radius 1 is 1.36 bits per heavy atom. The van der Waals surface area contributed by atoms with Crippen LogP contribution in [0.15, 0.2) is 0 Å². The van der Waals surface area contributed by atoms with Gasteiger partial charge in [0.15, 0.2) is 0 Å². The maximum Gasteiger partial charge on any atom is 0.322 e. The largest absolute Gasteiger partial charge is 0.468 e. The molecule has 1 unspecified atom stereocenters. The van der Waals surface area contributed by atoms with Gasteiger partial charge in [0.05, 0.1) is 7.11 Å². The van der Waals surface area contributed by atoms with E-state index < -0.39 is 0 Å². The van der Waals surface area contributed by atoms with E-state index in [2.05, 4.69) is 5.32 Å². The lowest BCUT2D eigenvalue weighted by atomic mass is 9.73. The van der Waals surface area contributed by atoms with Gasteiger partial charge in [-0.2, -0.15) is 0 Å². The van der Waals surface area contributed by atoms with Crippen molar-refractivity contribution in [3.05, 3.63) is 0 Å². The Labute approximate surface area is 85.2 Å². The minimum atomic E-state index is -0.0903. The van der Waals surface area contributed by atoms with Gasteiger partial charge in [-0.05, 0) is 24.7 Å². The zero-order chi connectivity index (χ0) is 10.0. The van der Waals surface area contributed by atoms with Gasteiger partial charge in [0.2, 0.25) is 0 Å². The minimum absolute atomic E-state index is 0.0434. The second-order valence-corrected chi connectivity index (χ2v) is 4.72. The maximum absolute atomic E-state index is 11.4. The predicted octanol–water partition coefficient (Wildman–Crippen LogP) is 1.47. The van der Waals surface area contributed by atoms with E-state index in [4.69, 9.17) is 4.74 Å². The van der Waals surface area contributed by atoms with Crippen molar-refractivity contribution in [3.8, 4) is 0 Å². The van der Waals surface area contributed by atoms with E-state index in [1.807, 2.05) is 0 Å². The van der Waals surface area contributed by atoms with Crippen LogP contribution in [0.25, 0.3) is 0 Å². The molecule has 2 aliphatic rings. The van der Waals surface area contributed by atoms with E-state index in [-0.39, 0.29) is 12.0 Å². The molecule has 0 aromatic rings. The highest BCUT2D eigenvalue weighted by molar-refractivity contribution is 5.76. The third kappa shape index (κ3) is 1.78. The predicted molar refractivity (Wildman–Crippen MR) is 53.9 cm³/mol. The van der Waals surface area contributed by atoms with Gasteiger partial charge < -0.3 is 10.1 Å². The van der Waals surface area contributed by atoms with Crippen LogP contribution in [0.5, 0.6) is 0 Å². The van der Waals surface area contributed by atoms with Crippen molar-refractivity contribution in [2.24, 2.45) is 5.41 Å². The second kappa shape index (κ2) is 3.89. The standard InChI is InChI=1S/C11H19NO2/c1-14-10(13)9-7-11(8-12-9)5-3-2-4-6-11/h9,12H,2-8H2,1H3. The molecule has 3 heteroatoms. The van der Waals surface area contributed by atoms with Crippen molar-refractivity contribution in [1.29, 1.82) is 0 Å². The summed E-state index contributed by atoms with van der Waals surface area (Å²) in [5.41, 5.74) is 0.414. The lowest BCUT2D eigenvalue weighted by molar-refractivity contribution is -0.142. The molecule has 1 aliphatic carbocycles. The van der Waals surface area contributed by atoms with Crippen molar-refractivity contribution in [1.82, 2.24) is 5.32 Å². The molecule has 0 radical (unpaired) electrons. The Hall–Kier alpha value is -0.570. The van der Waals surface area contributed by atoms with E-state index in [9.17, 15) is 4.79 Å². The van der Waals surface area contributed by atoms with Gasteiger partial charge in [-0.15, -0.1) is 0 Å². The lowest BCUT2D eigenvalue weighted by Gasteiger charge is -2.32. The molecule has 2 fully saturated rings. The number of carbonyl (C=O) groups excluding carboxylic acids is 1. The van der Waals surface area contributed by atoms with Gasteiger partial charge in [0.1, 0.15) is 6.04 Å². The average molecular weight is 197 g/mol. The summed E-state index contributed by atoms with van der Waals surface area (Å²) in [5.74, 6) is -0.0903. The molecule has 1 atom stereocenters. The first-order valence-electron chi connectivity index (χ1n) is 5.57. The van der Waals surface area contributed by atoms with Crippen LogP contribution in [-0.4, -0.2) is 25.7 Å². The van der Waals surface area contributed by atoms with Gasteiger partial charge in [-0.3, -0.25) is 4.79 Å². The maximum atomic E-state index is 11.4. The van der Waals surface area contributed by atoms with Crippen LogP contribution in [0.3, 0.4) is 0 Å². The molecule has 0 aromatic carbocycles. The Balaban J connectivity index is 1.95. The van der Waals surface area contributed by atoms with Crippen LogP contribution in [0, 0.1) is 5.41 Å². The summed E-state index contributed by atoms with van der Waals surface area (Å²) >= 11 is 0. The molecule has 1 spiro atoms. The Kier molecular flexibility index (Phi) is 2.77. The summed E-state index contributed by atoms with van der Waals surface area (Å²) in [6, 6.07) is -0.0434. The quantitative estimate of drug-likeness (QED) is 0.647. The third-order valence-corrected chi connectivity index (χ3v) is 3.76. The monoisotopic (exact) mass is 197 g/mol. The van der Waals surface area contributed by atoms with Gasteiger partial charge in [0.25, 0.3) is 0 Å². The molecule has 3 nitrogen and oxygen atoms in total. The number of rotatable bonds is 1. The Morgan fingerprint density at radius 3 is 2.71 bits per heavy atom. The molecule has 1 saturated heterocycles. The Bertz CT molecular complexity index is 221. The topological polar surface area (TPSA) is 38.3 Å². The van der Waals surface area contributed by atoms with Crippen LogP contribution in [0.2, 0.25) is 0 Å². The minimum Gasteiger partial charge on any atom is -0.468 e. The highest BCUT2D eigenvalue weighted by Crippen LogP contribution is 2.42. The molecule has 80 valence electrons. The molecular formula is C11H19NO2. The van der Waals surface area contributed by atoms with Crippen LogP contribution >= 0.6 is 0 Å². The fourth-order valence-corrected chi connectivity index (χ4v) is 2.91. The van der Waals surface area contributed by atoms with E-state index in [0.717, 1.165) is 13.0 Å². The number of hydrogen-bond acceptors (Lipinski definition) is 3. The van der Waals surface area contributed by atoms with Crippen molar-refractivity contribution in [3.63, 3.8) is 0 Å². The van der Waals surface area contributed by atoms with Gasteiger partial charge in [-0.1, -0.05) is 19.3 Å². The summed E-state index contributed by atoms with van der Waals surface area (Å²) in [5, 5.41) is 3.29. The van der Waals surface area contributed by atoms with E-state index >= 15 is 0 Å². The van der Waals surface area contributed by atoms with Crippen molar-refractivity contribution in [2.45, 2.75) is 44.6 Å². The molecule has 2 rings (SSSR count). The summed E-state index contributed by atoms with van der Waals surface area (Å²) < 4.78 is 4.77.